The molecule has 0 atom stereocenters. The van der Waals surface area contributed by atoms with Crippen LogP contribution in [0.1, 0.15) is 39.9 Å². The van der Waals surface area contributed by atoms with Gasteiger partial charge in [-0.2, -0.15) is 0 Å². The van der Waals surface area contributed by atoms with E-state index in [4.69, 9.17) is 9.72 Å². The van der Waals surface area contributed by atoms with E-state index in [-0.39, 0.29) is 18.3 Å². The van der Waals surface area contributed by atoms with Crippen molar-refractivity contribution in [2.75, 3.05) is 18.4 Å². The van der Waals surface area contributed by atoms with Crippen LogP contribution in [0.5, 0.6) is 5.75 Å². The molecular weight excluding hydrogens is 441 g/mol. The Morgan fingerprint density at radius 3 is 2.60 bits per heavy atom. The van der Waals surface area contributed by atoms with Gasteiger partial charge in [0.2, 0.25) is 0 Å². The summed E-state index contributed by atoms with van der Waals surface area (Å²) in [7, 11) is 0. The predicted molar refractivity (Wildman–Crippen MR) is 136 cm³/mol. The number of nitrogens with zero attached hydrogens (tertiary/aromatic N) is 2. The average Bonchev–Trinajstić information content (AvgIpc) is 3.38. The quantitative estimate of drug-likeness (QED) is 0.355. The Kier molecular flexibility index (Phi) is 6.73. The molecule has 2 heterocycles. The molecule has 5 rings (SSSR count). The van der Waals surface area contributed by atoms with Crippen molar-refractivity contribution >= 4 is 22.5 Å². The van der Waals surface area contributed by atoms with Crippen molar-refractivity contribution in [3.63, 3.8) is 0 Å². The molecule has 1 fully saturated rings. The predicted octanol–water partition coefficient (Wildman–Crippen LogP) is 6.11. The molecule has 1 aliphatic rings. The Labute approximate surface area is 204 Å². The fourth-order valence-electron chi connectivity index (χ4n) is 4.50. The van der Waals surface area contributed by atoms with E-state index in [9.17, 15) is 9.18 Å². The van der Waals surface area contributed by atoms with Crippen LogP contribution in [0.25, 0.3) is 10.9 Å². The van der Waals surface area contributed by atoms with E-state index in [1.54, 1.807) is 36.4 Å². The zero-order valence-electron chi connectivity index (χ0n) is 19.8. The van der Waals surface area contributed by atoms with Gasteiger partial charge in [-0.3, -0.25) is 14.7 Å². The lowest BCUT2D eigenvalue weighted by molar-refractivity contribution is 0.102. The summed E-state index contributed by atoms with van der Waals surface area (Å²) < 4.78 is 19.0. The number of pyridine rings is 1. The molecule has 178 valence electrons. The van der Waals surface area contributed by atoms with Crippen molar-refractivity contribution < 1.29 is 13.9 Å². The number of aryl methyl sites for hydroxylation is 1. The molecule has 6 heteroatoms. The maximum absolute atomic E-state index is 13.3. The van der Waals surface area contributed by atoms with E-state index in [1.807, 2.05) is 25.3 Å². The summed E-state index contributed by atoms with van der Waals surface area (Å²) in [6.07, 6.45) is 4.49. The van der Waals surface area contributed by atoms with Crippen molar-refractivity contribution in [3.05, 3.63) is 101 Å². The average molecular weight is 470 g/mol. The smallest absolute Gasteiger partial charge is 0.255 e. The first-order valence-corrected chi connectivity index (χ1v) is 11.9. The van der Waals surface area contributed by atoms with Gasteiger partial charge in [-0.25, -0.2) is 4.39 Å². The molecule has 1 amide bonds. The minimum atomic E-state index is -0.292. The maximum Gasteiger partial charge on any atom is 0.255 e. The van der Waals surface area contributed by atoms with Crippen LogP contribution < -0.4 is 10.1 Å². The largest absolute Gasteiger partial charge is 0.489 e. The number of amides is 1. The summed E-state index contributed by atoms with van der Waals surface area (Å²) in [5.74, 6) is 0.122. The molecule has 35 heavy (non-hydrogen) atoms. The molecule has 0 unspecified atom stereocenters. The lowest BCUT2D eigenvalue weighted by Gasteiger charge is -2.15. The van der Waals surface area contributed by atoms with Crippen LogP contribution in [-0.2, 0) is 13.2 Å². The molecule has 3 aromatic carbocycles. The van der Waals surface area contributed by atoms with E-state index in [0.717, 1.165) is 47.4 Å². The minimum Gasteiger partial charge on any atom is -0.489 e. The number of anilines is 1. The number of carbonyl (C=O) groups excluding carboxylic acids is 1. The van der Waals surface area contributed by atoms with Crippen molar-refractivity contribution in [3.8, 4) is 5.75 Å². The summed E-state index contributed by atoms with van der Waals surface area (Å²) in [5, 5.41) is 4.09. The molecule has 0 spiro atoms. The van der Waals surface area contributed by atoms with Crippen LogP contribution in [0.2, 0.25) is 0 Å². The zero-order chi connectivity index (χ0) is 24.2. The second-order valence-electron chi connectivity index (χ2n) is 9.03. The standard InChI is InChI=1S/C29H28FN3O2/c1-20-27(12-9-24-15-22(17-31-28(20)24)18-33-13-2-3-14-33)32-29(34)23-7-10-26(11-8-23)35-19-21-5-4-6-25(30)16-21/h4-12,15-17H,2-3,13-14,18-19H2,1H3,(H,32,34). The van der Waals surface area contributed by atoms with Gasteiger partial charge in [-0.1, -0.05) is 18.2 Å². The molecule has 1 N–H and O–H groups in total. The summed E-state index contributed by atoms with van der Waals surface area (Å²) in [4.78, 5) is 20.0. The SMILES string of the molecule is Cc1c(NC(=O)c2ccc(OCc3cccc(F)c3)cc2)ccc2cc(CN3CCCC3)cnc12. The lowest BCUT2D eigenvalue weighted by atomic mass is 10.1. The highest BCUT2D eigenvalue weighted by molar-refractivity contribution is 6.06. The van der Waals surface area contributed by atoms with E-state index in [2.05, 4.69) is 16.3 Å². The number of benzene rings is 3. The summed E-state index contributed by atoms with van der Waals surface area (Å²) in [5.41, 5.74) is 5.07. The first-order valence-electron chi connectivity index (χ1n) is 11.9. The Morgan fingerprint density at radius 1 is 1.03 bits per heavy atom. The van der Waals surface area contributed by atoms with Crippen LogP contribution >= 0.6 is 0 Å². The molecular formula is C29H28FN3O2. The maximum atomic E-state index is 13.3. The number of hydrogen-bond acceptors (Lipinski definition) is 4. The number of likely N-dealkylation sites (tertiary alicyclic amines) is 1. The van der Waals surface area contributed by atoms with Gasteiger partial charge in [0.25, 0.3) is 5.91 Å². The number of aromatic nitrogens is 1. The summed E-state index contributed by atoms with van der Waals surface area (Å²) in [6, 6.07) is 19.4. The molecule has 1 aliphatic heterocycles. The molecule has 0 bridgehead atoms. The van der Waals surface area contributed by atoms with E-state index in [0.29, 0.717) is 11.3 Å². The molecule has 0 saturated carbocycles. The molecule has 5 nitrogen and oxygen atoms in total. The minimum absolute atomic E-state index is 0.199. The third kappa shape index (κ3) is 5.49. The van der Waals surface area contributed by atoms with Crippen LogP contribution in [0.15, 0.2) is 72.9 Å². The van der Waals surface area contributed by atoms with Crippen LogP contribution in [0.3, 0.4) is 0 Å². The highest BCUT2D eigenvalue weighted by Crippen LogP contribution is 2.26. The molecule has 1 saturated heterocycles. The number of hydrogen-bond donors (Lipinski definition) is 1. The number of fused-ring (bicyclic) bond motifs is 1. The van der Waals surface area contributed by atoms with Gasteiger partial charge >= 0.3 is 0 Å². The lowest BCUT2D eigenvalue weighted by Crippen LogP contribution is -2.18. The summed E-state index contributed by atoms with van der Waals surface area (Å²) in [6.45, 7) is 5.48. The fraction of sp³-hybridized carbons (Fsp3) is 0.241. The van der Waals surface area contributed by atoms with E-state index >= 15 is 0 Å². The van der Waals surface area contributed by atoms with Crippen LogP contribution in [-0.4, -0.2) is 28.9 Å². The van der Waals surface area contributed by atoms with E-state index in [1.165, 1.54) is 30.5 Å². The zero-order valence-corrected chi connectivity index (χ0v) is 19.8. The van der Waals surface area contributed by atoms with E-state index < -0.39 is 0 Å². The molecule has 0 radical (unpaired) electrons. The van der Waals surface area contributed by atoms with Gasteiger partial charge in [-0.15, -0.1) is 0 Å². The Bertz CT molecular complexity index is 1350. The highest BCUT2D eigenvalue weighted by Gasteiger charge is 2.14. The fourth-order valence-corrected chi connectivity index (χ4v) is 4.50. The number of halogens is 1. The van der Waals surface area contributed by atoms with Crippen molar-refractivity contribution in [1.82, 2.24) is 9.88 Å². The topological polar surface area (TPSA) is 54.5 Å². The van der Waals surface area contributed by atoms with Crippen molar-refractivity contribution in [2.24, 2.45) is 0 Å². The molecule has 1 aromatic heterocycles. The monoisotopic (exact) mass is 469 g/mol. The van der Waals surface area contributed by atoms with Gasteiger partial charge in [0.05, 0.1) is 5.52 Å². The number of ether oxygens (including phenoxy) is 1. The normalized spacial score (nSPS) is 13.8. The van der Waals surface area contributed by atoms with Gasteiger partial charge in [0, 0.05) is 29.4 Å². The number of rotatable bonds is 7. The van der Waals surface area contributed by atoms with Gasteiger partial charge in [-0.05, 0) is 98.1 Å². The first kappa shape index (κ1) is 23.0. The first-order chi connectivity index (χ1) is 17.0. The van der Waals surface area contributed by atoms with Gasteiger partial charge < -0.3 is 10.1 Å². The number of nitrogens with one attached hydrogen (secondary N) is 1. The third-order valence-electron chi connectivity index (χ3n) is 6.43. The Balaban J connectivity index is 1.24. The van der Waals surface area contributed by atoms with Gasteiger partial charge in [0.15, 0.2) is 0 Å². The van der Waals surface area contributed by atoms with Crippen LogP contribution in [0.4, 0.5) is 10.1 Å². The number of carbonyl (C=O) groups is 1. The molecule has 4 aromatic rings. The third-order valence-corrected chi connectivity index (χ3v) is 6.43. The highest BCUT2D eigenvalue weighted by atomic mass is 19.1. The molecule has 0 aliphatic carbocycles. The Hall–Kier alpha value is -3.77. The second kappa shape index (κ2) is 10.2. The second-order valence-corrected chi connectivity index (χ2v) is 9.03. The van der Waals surface area contributed by atoms with Gasteiger partial charge in [0.1, 0.15) is 18.2 Å². The Morgan fingerprint density at radius 2 is 1.83 bits per heavy atom. The summed E-state index contributed by atoms with van der Waals surface area (Å²) >= 11 is 0. The van der Waals surface area contributed by atoms with Crippen LogP contribution in [0, 0.1) is 12.7 Å². The van der Waals surface area contributed by atoms with Crippen molar-refractivity contribution in [1.29, 1.82) is 0 Å². The van der Waals surface area contributed by atoms with Crippen molar-refractivity contribution in [2.45, 2.75) is 32.9 Å².